The van der Waals surface area contributed by atoms with Crippen molar-refractivity contribution < 1.29 is 13.9 Å². The zero-order chi connectivity index (χ0) is 13.0. The first-order valence-corrected chi connectivity index (χ1v) is 6.05. The summed E-state index contributed by atoms with van der Waals surface area (Å²) in [6.07, 6.45) is 0. The van der Waals surface area contributed by atoms with Crippen LogP contribution in [-0.4, -0.2) is 53.3 Å². The molecule has 0 aromatic carbocycles. The molecule has 0 saturated carbocycles. The van der Waals surface area contributed by atoms with Crippen molar-refractivity contribution in [2.45, 2.75) is 26.4 Å². The Labute approximate surface area is 105 Å². The Balaban J connectivity index is 1.79. The van der Waals surface area contributed by atoms with Gasteiger partial charge in [0.15, 0.2) is 0 Å². The first kappa shape index (κ1) is 13.0. The van der Waals surface area contributed by atoms with Crippen LogP contribution >= 0.6 is 0 Å². The van der Waals surface area contributed by atoms with Gasteiger partial charge in [-0.3, -0.25) is 10.1 Å². The van der Waals surface area contributed by atoms with Crippen LogP contribution in [0.4, 0.5) is 0 Å². The van der Waals surface area contributed by atoms with Crippen molar-refractivity contribution in [2.75, 3.05) is 26.3 Å². The summed E-state index contributed by atoms with van der Waals surface area (Å²) in [6, 6.07) is -0.268. The molecule has 1 N–H and O–H groups in total. The third-order valence-corrected chi connectivity index (χ3v) is 2.82. The minimum absolute atomic E-state index is 0.0783. The van der Waals surface area contributed by atoms with Crippen LogP contribution in [-0.2, 0) is 16.1 Å². The van der Waals surface area contributed by atoms with E-state index in [9.17, 15) is 4.79 Å². The van der Waals surface area contributed by atoms with Gasteiger partial charge in [0.05, 0.1) is 25.8 Å². The zero-order valence-electron chi connectivity index (χ0n) is 10.7. The number of carbonyl (C=O) groups is 1. The van der Waals surface area contributed by atoms with Crippen molar-refractivity contribution in [1.29, 1.82) is 0 Å². The average molecular weight is 254 g/mol. The molecule has 1 amide bonds. The molecule has 7 heteroatoms. The normalized spacial score (nSPS) is 17.8. The topological polar surface area (TPSA) is 80.5 Å². The molecule has 1 unspecified atom stereocenters. The van der Waals surface area contributed by atoms with Gasteiger partial charge in [-0.2, -0.15) is 0 Å². The van der Waals surface area contributed by atoms with Crippen molar-refractivity contribution in [1.82, 2.24) is 20.4 Å². The van der Waals surface area contributed by atoms with Gasteiger partial charge in [0.25, 0.3) is 0 Å². The smallest absolute Gasteiger partial charge is 0.239 e. The van der Waals surface area contributed by atoms with E-state index < -0.39 is 0 Å². The summed E-state index contributed by atoms with van der Waals surface area (Å²) in [4.78, 5) is 13.9. The molecule has 0 radical (unpaired) electrons. The van der Waals surface area contributed by atoms with E-state index in [0.29, 0.717) is 44.6 Å². The molecule has 0 spiro atoms. The number of aryl methyl sites for hydroxylation is 1. The highest BCUT2D eigenvalue weighted by molar-refractivity contribution is 5.81. The maximum Gasteiger partial charge on any atom is 0.239 e. The average Bonchev–Trinajstić information content (AvgIpc) is 2.82. The number of rotatable bonds is 4. The molecule has 1 fully saturated rings. The maximum atomic E-state index is 12.1. The zero-order valence-corrected chi connectivity index (χ0v) is 10.7. The van der Waals surface area contributed by atoms with Crippen molar-refractivity contribution in [3.63, 3.8) is 0 Å². The van der Waals surface area contributed by atoms with Crippen LogP contribution < -0.4 is 5.32 Å². The minimum Gasteiger partial charge on any atom is -0.424 e. The predicted molar refractivity (Wildman–Crippen MR) is 62.7 cm³/mol. The lowest BCUT2D eigenvalue weighted by Gasteiger charge is -2.29. The van der Waals surface area contributed by atoms with Gasteiger partial charge in [0, 0.05) is 20.0 Å². The molecule has 1 aromatic heterocycles. The second-order valence-corrected chi connectivity index (χ2v) is 4.26. The molecule has 1 saturated heterocycles. The summed E-state index contributed by atoms with van der Waals surface area (Å²) in [7, 11) is 0. The Bertz CT molecular complexity index is 401. The summed E-state index contributed by atoms with van der Waals surface area (Å²) in [5, 5.41) is 10.7. The van der Waals surface area contributed by atoms with Crippen molar-refractivity contribution in [3.8, 4) is 0 Å². The van der Waals surface area contributed by atoms with E-state index in [0.717, 1.165) is 0 Å². The Morgan fingerprint density at radius 3 is 2.78 bits per heavy atom. The van der Waals surface area contributed by atoms with Crippen LogP contribution in [0.1, 0.15) is 18.7 Å². The van der Waals surface area contributed by atoms with E-state index in [1.165, 1.54) is 0 Å². The fourth-order valence-electron chi connectivity index (χ4n) is 1.79. The molecule has 7 nitrogen and oxygen atoms in total. The summed E-state index contributed by atoms with van der Waals surface area (Å²) in [5.74, 6) is 1.10. The van der Waals surface area contributed by atoms with Crippen molar-refractivity contribution in [2.24, 2.45) is 0 Å². The van der Waals surface area contributed by atoms with Crippen LogP contribution in [0.25, 0.3) is 0 Å². The molecule has 1 aliphatic heterocycles. The van der Waals surface area contributed by atoms with Crippen LogP contribution in [0.2, 0.25) is 0 Å². The van der Waals surface area contributed by atoms with Gasteiger partial charge >= 0.3 is 0 Å². The molecular weight excluding hydrogens is 236 g/mol. The highest BCUT2D eigenvalue weighted by Gasteiger charge is 2.22. The Morgan fingerprint density at radius 2 is 2.17 bits per heavy atom. The van der Waals surface area contributed by atoms with Crippen LogP contribution in [0, 0.1) is 6.92 Å². The van der Waals surface area contributed by atoms with E-state index in [1.54, 1.807) is 11.8 Å². The summed E-state index contributed by atoms with van der Waals surface area (Å²) >= 11 is 0. The Morgan fingerprint density at radius 1 is 1.44 bits per heavy atom. The molecular formula is C11H18N4O3. The number of nitrogens with zero attached hydrogens (tertiary/aromatic N) is 3. The molecule has 0 aliphatic carbocycles. The third kappa shape index (κ3) is 3.27. The largest absolute Gasteiger partial charge is 0.424 e. The predicted octanol–water partition coefficient (Wildman–Crippen LogP) is -0.285. The van der Waals surface area contributed by atoms with E-state index in [-0.39, 0.29) is 11.9 Å². The van der Waals surface area contributed by atoms with Crippen molar-refractivity contribution in [3.05, 3.63) is 11.8 Å². The summed E-state index contributed by atoms with van der Waals surface area (Å²) < 4.78 is 10.4. The van der Waals surface area contributed by atoms with E-state index in [1.807, 2.05) is 6.92 Å². The van der Waals surface area contributed by atoms with Crippen LogP contribution in [0.3, 0.4) is 0 Å². The third-order valence-electron chi connectivity index (χ3n) is 2.82. The van der Waals surface area contributed by atoms with E-state index in [2.05, 4.69) is 15.5 Å². The number of aromatic nitrogens is 2. The summed E-state index contributed by atoms with van der Waals surface area (Å²) in [6.45, 7) is 6.51. The van der Waals surface area contributed by atoms with E-state index in [4.69, 9.17) is 9.15 Å². The minimum atomic E-state index is -0.268. The molecule has 1 aliphatic rings. The van der Waals surface area contributed by atoms with Gasteiger partial charge in [-0.05, 0) is 6.92 Å². The van der Waals surface area contributed by atoms with Crippen LogP contribution in [0.15, 0.2) is 4.42 Å². The number of hydrogen-bond acceptors (Lipinski definition) is 6. The first-order valence-electron chi connectivity index (χ1n) is 6.05. The maximum absolute atomic E-state index is 12.1. The van der Waals surface area contributed by atoms with Crippen molar-refractivity contribution >= 4 is 5.91 Å². The lowest BCUT2D eigenvalue weighted by atomic mass is 10.2. The quantitative estimate of drug-likeness (QED) is 0.795. The Kier molecular flexibility index (Phi) is 4.27. The highest BCUT2D eigenvalue weighted by Crippen LogP contribution is 2.02. The molecule has 1 atom stereocenters. The molecule has 2 rings (SSSR count). The Hall–Kier alpha value is -1.47. The van der Waals surface area contributed by atoms with Gasteiger partial charge in [-0.25, -0.2) is 0 Å². The fraction of sp³-hybridized carbons (Fsp3) is 0.727. The number of ether oxygens (including phenoxy) is 1. The van der Waals surface area contributed by atoms with Gasteiger partial charge < -0.3 is 14.1 Å². The number of amides is 1. The first-order chi connectivity index (χ1) is 8.66. The molecule has 100 valence electrons. The van der Waals surface area contributed by atoms with E-state index >= 15 is 0 Å². The lowest BCUT2D eigenvalue weighted by Crippen LogP contribution is -2.49. The highest BCUT2D eigenvalue weighted by atomic mass is 16.5. The molecule has 18 heavy (non-hydrogen) atoms. The van der Waals surface area contributed by atoms with Gasteiger partial charge in [0.2, 0.25) is 17.7 Å². The van der Waals surface area contributed by atoms with Gasteiger partial charge in [0.1, 0.15) is 0 Å². The number of carbonyl (C=O) groups excluding carboxylic acids is 1. The SMILES string of the molecule is Cc1nnc(CNC(C)C(=O)N2CCOCC2)o1. The molecule has 2 heterocycles. The number of hydrogen-bond donors (Lipinski definition) is 1. The van der Waals surface area contributed by atoms with Crippen LogP contribution in [0.5, 0.6) is 0 Å². The lowest BCUT2D eigenvalue weighted by molar-refractivity contribution is -0.137. The molecule has 1 aromatic rings. The van der Waals surface area contributed by atoms with Gasteiger partial charge in [-0.15, -0.1) is 10.2 Å². The van der Waals surface area contributed by atoms with Gasteiger partial charge in [-0.1, -0.05) is 0 Å². The summed E-state index contributed by atoms with van der Waals surface area (Å²) in [5.41, 5.74) is 0. The standard InChI is InChI=1S/C11H18N4O3/c1-8(11(16)15-3-5-17-6-4-15)12-7-10-14-13-9(2)18-10/h8,12H,3-7H2,1-2H3. The number of morpholine rings is 1. The monoisotopic (exact) mass is 254 g/mol. The second-order valence-electron chi connectivity index (χ2n) is 4.26. The second kappa shape index (κ2) is 5.92. The number of nitrogens with one attached hydrogen (secondary N) is 1. The molecule has 0 bridgehead atoms. The fourth-order valence-corrected chi connectivity index (χ4v) is 1.79.